The van der Waals surface area contributed by atoms with Gasteiger partial charge in [-0.25, -0.2) is 0 Å². The Morgan fingerprint density at radius 1 is 0.900 bits per heavy atom. The van der Waals surface area contributed by atoms with Crippen molar-refractivity contribution in [2.45, 2.75) is 12.8 Å². The Kier molecular flexibility index (Phi) is 21.2. The topological polar surface area (TPSA) is 0 Å². The lowest BCUT2D eigenvalue weighted by atomic mass is 10.5. The number of allylic oxidation sites excluding steroid dienone is 2. The van der Waals surface area contributed by atoms with Gasteiger partial charge < -0.3 is 0 Å². The predicted octanol–water partition coefficient (Wildman–Crippen LogP) is 3.91. The molecule has 0 rings (SSSR count). The van der Waals surface area contributed by atoms with Crippen molar-refractivity contribution in [1.82, 2.24) is 0 Å². The van der Waals surface area contributed by atoms with Crippen LogP contribution in [0.1, 0.15) is 12.8 Å². The first-order chi connectivity index (χ1) is 4.83. The minimum absolute atomic E-state index is 1.04. The van der Waals surface area contributed by atoms with Gasteiger partial charge in [0.2, 0.25) is 0 Å². The van der Waals surface area contributed by atoms with E-state index in [-0.39, 0.29) is 0 Å². The van der Waals surface area contributed by atoms with Crippen LogP contribution in [0, 0.1) is 0 Å². The lowest BCUT2D eigenvalue weighted by Gasteiger charge is -1.71. The van der Waals surface area contributed by atoms with E-state index in [1.807, 2.05) is 12.2 Å². The van der Waals surface area contributed by atoms with E-state index in [4.69, 9.17) is 0 Å². The van der Waals surface area contributed by atoms with Crippen LogP contribution in [0.2, 0.25) is 0 Å². The van der Waals surface area contributed by atoms with Gasteiger partial charge in [0.1, 0.15) is 0 Å². The summed E-state index contributed by atoms with van der Waals surface area (Å²) < 4.78 is 0. The van der Waals surface area contributed by atoms with Gasteiger partial charge in [-0.2, -0.15) is 0 Å². The molecule has 0 spiro atoms. The quantitative estimate of drug-likeness (QED) is 0.536. The van der Waals surface area contributed by atoms with Crippen molar-refractivity contribution < 1.29 is 0 Å². The molecule has 0 atom stereocenters. The Morgan fingerprint density at radius 2 is 1.20 bits per heavy atom. The van der Waals surface area contributed by atoms with Gasteiger partial charge in [0.05, 0.1) is 0 Å². The van der Waals surface area contributed by atoms with Crippen LogP contribution >= 0.6 is 31.9 Å². The van der Waals surface area contributed by atoms with E-state index in [1.54, 1.807) is 0 Å². The van der Waals surface area contributed by atoms with Crippen molar-refractivity contribution in [3.05, 3.63) is 25.3 Å². The monoisotopic (exact) mass is 268 g/mol. The maximum atomic E-state index is 3.52. The van der Waals surface area contributed by atoms with Gasteiger partial charge in [-0.05, 0) is 12.8 Å². The summed E-state index contributed by atoms with van der Waals surface area (Å²) in [6.45, 7) is 7.04. The first-order valence-corrected chi connectivity index (χ1v) is 5.41. The van der Waals surface area contributed by atoms with E-state index >= 15 is 0 Å². The Morgan fingerprint density at radius 3 is 1.20 bits per heavy atom. The highest BCUT2D eigenvalue weighted by Crippen LogP contribution is 1.84. The van der Waals surface area contributed by atoms with Gasteiger partial charge in [-0.15, -0.1) is 13.2 Å². The van der Waals surface area contributed by atoms with Crippen molar-refractivity contribution >= 4 is 31.9 Å². The molecule has 0 aromatic carbocycles. The number of halogens is 2. The highest BCUT2D eigenvalue weighted by atomic mass is 79.9. The molecule has 0 saturated heterocycles. The number of alkyl halides is 2. The van der Waals surface area contributed by atoms with Crippen molar-refractivity contribution in [2.24, 2.45) is 0 Å². The minimum Gasteiger partial charge on any atom is -0.103 e. The van der Waals surface area contributed by atoms with E-state index in [0.717, 1.165) is 23.5 Å². The lowest BCUT2D eigenvalue weighted by molar-refractivity contribution is 1.27. The molecule has 0 amide bonds. The summed E-state index contributed by atoms with van der Waals surface area (Å²) in [5.74, 6) is 0. The normalized spacial score (nSPS) is 7.40. The molecule has 60 valence electrons. The first kappa shape index (κ1) is 13.1. The van der Waals surface area contributed by atoms with Gasteiger partial charge in [0, 0.05) is 10.7 Å². The summed E-state index contributed by atoms with van der Waals surface area (Å²) in [4.78, 5) is 0. The molecule has 0 fully saturated rings. The number of rotatable bonds is 4. The molecule has 0 radical (unpaired) electrons. The SMILES string of the molecule is C=CCCBr.C=CCCBr. The smallest absolute Gasteiger partial charge is 0.00658 e. The van der Waals surface area contributed by atoms with E-state index in [2.05, 4.69) is 45.0 Å². The van der Waals surface area contributed by atoms with Gasteiger partial charge in [0.25, 0.3) is 0 Å². The van der Waals surface area contributed by atoms with Crippen LogP contribution in [0.4, 0.5) is 0 Å². The molecule has 0 aromatic rings. The fraction of sp³-hybridized carbons (Fsp3) is 0.500. The van der Waals surface area contributed by atoms with Gasteiger partial charge >= 0.3 is 0 Å². The summed E-state index contributed by atoms with van der Waals surface area (Å²) in [5, 5.41) is 2.08. The molecule has 10 heavy (non-hydrogen) atoms. The maximum Gasteiger partial charge on any atom is 0.00658 e. The zero-order chi connectivity index (χ0) is 8.24. The summed E-state index contributed by atoms with van der Waals surface area (Å²) >= 11 is 6.48. The maximum absolute atomic E-state index is 3.52. The highest BCUT2D eigenvalue weighted by molar-refractivity contribution is 9.09. The van der Waals surface area contributed by atoms with Gasteiger partial charge in [-0.1, -0.05) is 44.0 Å². The molecule has 0 aliphatic carbocycles. The first-order valence-electron chi connectivity index (χ1n) is 3.17. The average Bonchev–Trinajstić information content (AvgIpc) is 1.93. The highest BCUT2D eigenvalue weighted by Gasteiger charge is 1.64. The Hall–Kier alpha value is 0.440. The fourth-order valence-electron chi connectivity index (χ4n) is 0.154. The molecule has 0 saturated carbocycles. The Labute approximate surface area is 80.7 Å². The van der Waals surface area contributed by atoms with Crippen LogP contribution in [0.15, 0.2) is 25.3 Å². The van der Waals surface area contributed by atoms with Crippen LogP contribution in [-0.4, -0.2) is 10.7 Å². The van der Waals surface area contributed by atoms with Crippen LogP contribution in [-0.2, 0) is 0 Å². The van der Waals surface area contributed by atoms with Crippen LogP contribution in [0.5, 0.6) is 0 Å². The molecule has 0 aliphatic rings. The van der Waals surface area contributed by atoms with Crippen LogP contribution in [0.25, 0.3) is 0 Å². The van der Waals surface area contributed by atoms with Gasteiger partial charge in [0.15, 0.2) is 0 Å². The zero-order valence-electron chi connectivity index (χ0n) is 6.15. The molecular formula is C8H14Br2. The summed E-state index contributed by atoms with van der Waals surface area (Å²) in [7, 11) is 0. The second kappa shape index (κ2) is 16.2. The van der Waals surface area contributed by atoms with E-state index in [0.29, 0.717) is 0 Å². The molecule has 0 heterocycles. The van der Waals surface area contributed by atoms with Gasteiger partial charge in [-0.3, -0.25) is 0 Å². The molecule has 2 heteroatoms. The van der Waals surface area contributed by atoms with Crippen LogP contribution in [0.3, 0.4) is 0 Å². The second-order valence-corrected chi connectivity index (χ2v) is 3.12. The molecule has 0 aromatic heterocycles. The minimum atomic E-state index is 1.04. The second-order valence-electron chi connectivity index (χ2n) is 1.53. The van der Waals surface area contributed by atoms with E-state index in [9.17, 15) is 0 Å². The summed E-state index contributed by atoms with van der Waals surface area (Å²) in [5.41, 5.74) is 0. The molecule has 0 unspecified atom stereocenters. The van der Waals surface area contributed by atoms with Crippen molar-refractivity contribution in [3.8, 4) is 0 Å². The lowest BCUT2D eigenvalue weighted by Crippen LogP contribution is -1.58. The Balaban J connectivity index is 0. The Bertz CT molecular complexity index is 59.7. The van der Waals surface area contributed by atoms with Crippen molar-refractivity contribution in [2.75, 3.05) is 10.7 Å². The standard InChI is InChI=1S/2C4H7Br/c2*1-2-3-4-5/h2*2H,1,3-4H2. The summed E-state index contributed by atoms with van der Waals surface area (Å²) in [6.07, 6.45) is 5.91. The largest absolute Gasteiger partial charge is 0.103 e. The predicted molar refractivity (Wildman–Crippen MR) is 57.2 cm³/mol. The molecule has 0 nitrogen and oxygen atoms in total. The number of hydrogen-bond acceptors (Lipinski definition) is 0. The molecule has 0 bridgehead atoms. The number of hydrogen-bond donors (Lipinski definition) is 0. The molecular weight excluding hydrogens is 256 g/mol. The summed E-state index contributed by atoms with van der Waals surface area (Å²) in [6, 6.07) is 0. The van der Waals surface area contributed by atoms with Crippen molar-refractivity contribution in [3.63, 3.8) is 0 Å². The third-order valence-corrected chi connectivity index (χ3v) is 1.54. The van der Waals surface area contributed by atoms with Crippen LogP contribution < -0.4 is 0 Å². The average molecular weight is 270 g/mol. The van der Waals surface area contributed by atoms with E-state index < -0.39 is 0 Å². The zero-order valence-corrected chi connectivity index (χ0v) is 9.33. The third kappa shape index (κ3) is 23.7. The van der Waals surface area contributed by atoms with E-state index in [1.165, 1.54) is 0 Å². The molecule has 0 N–H and O–H groups in total. The fourth-order valence-corrected chi connectivity index (χ4v) is 0.802. The third-order valence-electron chi connectivity index (χ3n) is 0.626. The van der Waals surface area contributed by atoms with Crippen molar-refractivity contribution in [1.29, 1.82) is 0 Å². The molecule has 0 aliphatic heterocycles.